The fourth-order valence-corrected chi connectivity index (χ4v) is 1.46. The molecule has 1 heterocycles. The smallest absolute Gasteiger partial charge is 0.253 e. The van der Waals surface area contributed by atoms with Crippen molar-refractivity contribution in [3.63, 3.8) is 0 Å². The van der Waals surface area contributed by atoms with Crippen LogP contribution in [0.5, 0.6) is 0 Å². The number of hydrogen-bond donors (Lipinski definition) is 2. The first-order chi connectivity index (χ1) is 7.79. The predicted octanol–water partition coefficient (Wildman–Crippen LogP) is 1.87. The third kappa shape index (κ3) is 2.28. The van der Waals surface area contributed by atoms with Gasteiger partial charge in [0.1, 0.15) is 11.6 Å². The van der Waals surface area contributed by atoms with E-state index in [0.717, 1.165) is 12.1 Å². The second-order valence-corrected chi connectivity index (χ2v) is 3.38. The molecule has 0 unspecified atom stereocenters. The Hall–Kier alpha value is -2.10. The summed E-state index contributed by atoms with van der Waals surface area (Å²) >= 11 is 0. The van der Waals surface area contributed by atoms with E-state index in [0.29, 0.717) is 11.6 Å². The molecule has 0 fully saturated rings. The van der Waals surface area contributed by atoms with E-state index in [4.69, 9.17) is 0 Å². The molecule has 0 atom stereocenters. The molecule has 0 bridgehead atoms. The zero-order valence-electron chi connectivity index (χ0n) is 9.03. The van der Waals surface area contributed by atoms with Crippen molar-refractivity contribution in [2.75, 3.05) is 11.9 Å². The van der Waals surface area contributed by atoms with Crippen LogP contribution in [0.3, 0.4) is 0 Å². The third-order valence-electron chi connectivity index (χ3n) is 2.15. The van der Waals surface area contributed by atoms with Crippen molar-refractivity contribution in [1.82, 2.24) is 9.97 Å². The lowest BCUT2D eigenvalue weighted by atomic mass is 10.2. The van der Waals surface area contributed by atoms with Crippen molar-refractivity contribution in [2.24, 2.45) is 0 Å². The number of nitrogens with zero attached hydrogens (tertiary/aromatic N) is 1. The summed E-state index contributed by atoms with van der Waals surface area (Å²) in [6, 6.07) is 11.0. The Morgan fingerprint density at radius 3 is 2.75 bits per heavy atom. The van der Waals surface area contributed by atoms with E-state index < -0.39 is 0 Å². The van der Waals surface area contributed by atoms with Crippen LogP contribution in [0.15, 0.2) is 41.2 Å². The summed E-state index contributed by atoms with van der Waals surface area (Å²) in [5.41, 5.74) is 0.754. The minimum Gasteiger partial charge on any atom is -0.370 e. The maximum atomic E-state index is 11.4. The highest BCUT2D eigenvalue weighted by Gasteiger charge is 2.02. The molecule has 0 spiro atoms. The summed E-state index contributed by atoms with van der Waals surface area (Å²) in [7, 11) is 0. The number of aromatic nitrogens is 2. The zero-order chi connectivity index (χ0) is 11.4. The van der Waals surface area contributed by atoms with Crippen molar-refractivity contribution >= 4 is 5.82 Å². The van der Waals surface area contributed by atoms with Gasteiger partial charge in [-0.3, -0.25) is 4.79 Å². The summed E-state index contributed by atoms with van der Waals surface area (Å²) in [4.78, 5) is 18.5. The van der Waals surface area contributed by atoms with Crippen molar-refractivity contribution in [2.45, 2.75) is 6.92 Å². The van der Waals surface area contributed by atoms with E-state index in [1.165, 1.54) is 6.07 Å². The molecule has 0 aliphatic carbocycles. The lowest BCUT2D eigenvalue weighted by molar-refractivity contribution is 1.09. The number of benzene rings is 1. The van der Waals surface area contributed by atoms with Crippen LogP contribution >= 0.6 is 0 Å². The van der Waals surface area contributed by atoms with E-state index in [2.05, 4.69) is 15.3 Å². The molecule has 2 rings (SSSR count). The van der Waals surface area contributed by atoms with Crippen LogP contribution in [0.4, 0.5) is 5.82 Å². The fourth-order valence-electron chi connectivity index (χ4n) is 1.46. The summed E-state index contributed by atoms with van der Waals surface area (Å²) in [6.45, 7) is 2.70. The number of H-pyrrole nitrogens is 1. The van der Waals surface area contributed by atoms with Gasteiger partial charge in [0, 0.05) is 18.2 Å². The second-order valence-electron chi connectivity index (χ2n) is 3.38. The van der Waals surface area contributed by atoms with Gasteiger partial charge < -0.3 is 10.3 Å². The van der Waals surface area contributed by atoms with E-state index in [1.54, 1.807) is 0 Å². The van der Waals surface area contributed by atoms with Crippen LogP contribution in [-0.4, -0.2) is 16.5 Å². The van der Waals surface area contributed by atoms with Crippen molar-refractivity contribution in [1.29, 1.82) is 0 Å². The number of nitrogens with one attached hydrogen (secondary N) is 2. The topological polar surface area (TPSA) is 57.8 Å². The van der Waals surface area contributed by atoms with Crippen LogP contribution in [0.2, 0.25) is 0 Å². The van der Waals surface area contributed by atoms with E-state index >= 15 is 0 Å². The van der Waals surface area contributed by atoms with Gasteiger partial charge in [-0.2, -0.15) is 0 Å². The average Bonchev–Trinajstić information content (AvgIpc) is 2.30. The van der Waals surface area contributed by atoms with Gasteiger partial charge in [0.2, 0.25) is 0 Å². The summed E-state index contributed by atoms with van der Waals surface area (Å²) in [5, 5.41) is 3.03. The average molecular weight is 215 g/mol. The van der Waals surface area contributed by atoms with Gasteiger partial charge in [-0.25, -0.2) is 4.98 Å². The Bertz CT molecular complexity index is 519. The van der Waals surface area contributed by atoms with Crippen molar-refractivity contribution < 1.29 is 0 Å². The minimum atomic E-state index is -0.148. The van der Waals surface area contributed by atoms with Gasteiger partial charge in [0.05, 0.1) is 0 Å². The molecule has 1 aromatic heterocycles. The van der Waals surface area contributed by atoms with Crippen LogP contribution in [-0.2, 0) is 0 Å². The molecule has 4 nitrogen and oxygen atoms in total. The molecule has 82 valence electrons. The Kier molecular flexibility index (Phi) is 3.00. The maximum absolute atomic E-state index is 11.4. The van der Waals surface area contributed by atoms with Gasteiger partial charge in [0.25, 0.3) is 5.56 Å². The van der Waals surface area contributed by atoms with Gasteiger partial charge in [-0.1, -0.05) is 30.3 Å². The van der Waals surface area contributed by atoms with Gasteiger partial charge >= 0.3 is 0 Å². The molecule has 16 heavy (non-hydrogen) atoms. The Morgan fingerprint density at radius 2 is 2.06 bits per heavy atom. The van der Waals surface area contributed by atoms with Crippen molar-refractivity contribution in [3.8, 4) is 11.4 Å². The molecule has 0 saturated carbocycles. The largest absolute Gasteiger partial charge is 0.370 e. The van der Waals surface area contributed by atoms with Crippen LogP contribution in [0.1, 0.15) is 6.92 Å². The molecular weight excluding hydrogens is 202 g/mol. The Morgan fingerprint density at radius 1 is 1.31 bits per heavy atom. The maximum Gasteiger partial charge on any atom is 0.253 e. The first-order valence-electron chi connectivity index (χ1n) is 5.20. The minimum absolute atomic E-state index is 0.148. The normalized spacial score (nSPS) is 10.1. The highest BCUT2D eigenvalue weighted by Crippen LogP contribution is 2.13. The number of aromatic amines is 1. The van der Waals surface area contributed by atoms with E-state index in [9.17, 15) is 4.79 Å². The number of anilines is 1. The van der Waals surface area contributed by atoms with Crippen LogP contribution in [0.25, 0.3) is 11.4 Å². The molecular formula is C12H13N3O. The lowest BCUT2D eigenvalue weighted by Gasteiger charge is -2.04. The molecule has 0 amide bonds. The summed E-state index contributed by atoms with van der Waals surface area (Å²) < 4.78 is 0. The molecule has 2 aromatic rings. The number of rotatable bonds is 3. The molecule has 0 aliphatic rings. The molecule has 0 radical (unpaired) electrons. The molecule has 0 saturated heterocycles. The van der Waals surface area contributed by atoms with Gasteiger partial charge in [0.15, 0.2) is 0 Å². The highest BCUT2D eigenvalue weighted by atomic mass is 16.1. The van der Waals surface area contributed by atoms with E-state index in [1.807, 2.05) is 37.3 Å². The molecule has 0 aliphatic heterocycles. The Labute approximate surface area is 93.4 Å². The second kappa shape index (κ2) is 4.61. The van der Waals surface area contributed by atoms with Crippen LogP contribution < -0.4 is 10.9 Å². The van der Waals surface area contributed by atoms with E-state index in [-0.39, 0.29) is 5.56 Å². The molecule has 1 aromatic carbocycles. The molecule has 2 N–H and O–H groups in total. The number of hydrogen-bond acceptors (Lipinski definition) is 3. The van der Waals surface area contributed by atoms with Gasteiger partial charge in [-0.05, 0) is 6.92 Å². The summed E-state index contributed by atoms with van der Waals surface area (Å²) in [6.07, 6.45) is 0. The highest BCUT2D eigenvalue weighted by molar-refractivity contribution is 5.56. The third-order valence-corrected chi connectivity index (χ3v) is 2.15. The zero-order valence-corrected chi connectivity index (χ0v) is 9.03. The SMILES string of the molecule is CCNc1cc(=O)[nH]c(-c2ccccc2)n1. The Balaban J connectivity index is 2.45. The lowest BCUT2D eigenvalue weighted by Crippen LogP contribution is -2.11. The summed E-state index contributed by atoms with van der Waals surface area (Å²) in [5.74, 6) is 1.19. The van der Waals surface area contributed by atoms with Crippen LogP contribution in [0, 0.1) is 0 Å². The first-order valence-corrected chi connectivity index (χ1v) is 5.20. The van der Waals surface area contributed by atoms with Gasteiger partial charge in [-0.15, -0.1) is 0 Å². The standard InChI is InChI=1S/C12H13N3O/c1-2-13-10-8-11(16)15-12(14-10)9-6-4-3-5-7-9/h3-8H,2H2,1H3,(H2,13,14,15,16). The first kappa shape index (κ1) is 10.4. The fraction of sp³-hybridized carbons (Fsp3) is 0.167. The molecule has 4 heteroatoms. The predicted molar refractivity (Wildman–Crippen MR) is 64.5 cm³/mol. The monoisotopic (exact) mass is 215 g/mol. The van der Waals surface area contributed by atoms with Crippen molar-refractivity contribution in [3.05, 3.63) is 46.8 Å². The quantitative estimate of drug-likeness (QED) is 0.821.